The Morgan fingerprint density at radius 3 is 2.58 bits per heavy atom. The summed E-state index contributed by atoms with van der Waals surface area (Å²) in [6, 6.07) is 20.9. The zero-order valence-electron chi connectivity index (χ0n) is 14.1. The topological polar surface area (TPSA) is 66.0 Å². The first-order valence-corrected chi connectivity index (χ1v) is 8.34. The first-order valence-electron chi connectivity index (χ1n) is 8.34. The van der Waals surface area contributed by atoms with E-state index in [1.54, 1.807) is 0 Å². The van der Waals surface area contributed by atoms with Crippen molar-refractivity contribution in [1.82, 2.24) is 4.40 Å². The lowest BCUT2D eigenvalue weighted by molar-refractivity contribution is 0.0477. The maximum absolute atomic E-state index is 12.8. The summed E-state index contributed by atoms with van der Waals surface area (Å²) in [5, 5.41) is 0.818. The van der Waals surface area contributed by atoms with Gasteiger partial charge in [0.1, 0.15) is 19.1 Å². The van der Waals surface area contributed by atoms with Gasteiger partial charge in [-0.3, -0.25) is 5.73 Å². The molecular formula is C21H18N2O3. The molecule has 4 rings (SSSR count). The molecule has 4 aromatic rings. The van der Waals surface area contributed by atoms with Crippen LogP contribution in [0, 0.1) is 0 Å². The van der Waals surface area contributed by atoms with Crippen LogP contribution in [0.3, 0.4) is 0 Å². The number of pyridine rings is 1. The molecule has 0 radical (unpaired) electrons. The van der Waals surface area contributed by atoms with Gasteiger partial charge in [0.15, 0.2) is 0 Å². The number of hydrogen-bond donors (Lipinski definition) is 1. The summed E-state index contributed by atoms with van der Waals surface area (Å²) >= 11 is 0. The minimum Gasteiger partial charge on any atom is -0.479 e. The predicted octanol–water partition coefficient (Wildman–Crippen LogP) is 3.74. The first-order chi connectivity index (χ1) is 12.8. The molecule has 0 saturated heterocycles. The van der Waals surface area contributed by atoms with E-state index in [4.69, 9.17) is 15.2 Å². The molecule has 0 amide bonds. The normalized spacial score (nSPS) is 11.0. The zero-order chi connectivity index (χ0) is 17.9. The summed E-state index contributed by atoms with van der Waals surface area (Å²) in [6.07, 6.45) is 1.91. The fourth-order valence-corrected chi connectivity index (χ4v) is 3.11. The Hall–Kier alpha value is -3.31. The molecule has 130 valence electrons. The molecule has 5 nitrogen and oxygen atoms in total. The standard InChI is InChI=1S/C21H18N2O3/c22-14-26-16-9-10-17-19(12-16)23-11-5-4-8-18(23)20(17)21(24)25-13-15-6-2-1-3-7-15/h1-12H,13-14,22H2. The molecule has 26 heavy (non-hydrogen) atoms. The molecule has 0 bridgehead atoms. The summed E-state index contributed by atoms with van der Waals surface area (Å²) in [6.45, 7) is 0.334. The second-order valence-corrected chi connectivity index (χ2v) is 5.88. The molecule has 0 fully saturated rings. The highest BCUT2D eigenvalue weighted by Crippen LogP contribution is 2.30. The van der Waals surface area contributed by atoms with Crippen LogP contribution in [0.5, 0.6) is 5.75 Å². The molecular weight excluding hydrogens is 328 g/mol. The Balaban J connectivity index is 1.76. The minimum atomic E-state index is -0.347. The molecule has 2 aromatic carbocycles. The number of nitrogens with two attached hydrogens (primary N) is 1. The molecule has 0 aliphatic heterocycles. The number of carbonyl (C=O) groups is 1. The van der Waals surface area contributed by atoms with Gasteiger partial charge in [-0.2, -0.15) is 0 Å². The second-order valence-electron chi connectivity index (χ2n) is 5.88. The average Bonchev–Trinajstić information content (AvgIpc) is 3.01. The summed E-state index contributed by atoms with van der Waals surface area (Å²) in [5.74, 6) is 0.313. The van der Waals surface area contributed by atoms with Crippen molar-refractivity contribution in [2.75, 3.05) is 6.73 Å². The fraction of sp³-hybridized carbons (Fsp3) is 0.0952. The van der Waals surface area contributed by atoms with Gasteiger partial charge in [-0.25, -0.2) is 4.79 Å². The van der Waals surface area contributed by atoms with E-state index in [2.05, 4.69) is 0 Å². The fourth-order valence-electron chi connectivity index (χ4n) is 3.11. The van der Waals surface area contributed by atoms with Crippen molar-refractivity contribution in [3.63, 3.8) is 0 Å². The van der Waals surface area contributed by atoms with Crippen molar-refractivity contribution in [1.29, 1.82) is 0 Å². The molecule has 0 spiro atoms. The Morgan fingerprint density at radius 1 is 0.962 bits per heavy atom. The van der Waals surface area contributed by atoms with Crippen LogP contribution in [0.25, 0.3) is 16.4 Å². The van der Waals surface area contributed by atoms with Crippen LogP contribution in [0.4, 0.5) is 0 Å². The van der Waals surface area contributed by atoms with Crippen molar-refractivity contribution in [2.24, 2.45) is 5.73 Å². The molecule has 2 aromatic heterocycles. The molecule has 5 heteroatoms. The van der Waals surface area contributed by atoms with E-state index in [0.29, 0.717) is 11.3 Å². The SMILES string of the molecule is NCOc1ccc2c(C(=O)OCc3ccccc3)c3ccccn3c2c1. The first kappa shape index (κ1) is 16.2. The average molecular weight is 346 g/mol. The van der Waals surface area contributed by atoms with Crippen LogP contribution in [0.2, 0.25) is 0 Å². The summed E-state index contributed by atoms with van der Waals surface area (Å²) in [7, 11) is 0. The lowest BCUT2D eigenvalue weighted by Crippen LogP contribution is -2.07. The van der Waals surface area contributed by atoms with E-state index in [9.17, 15) is 4.79 Å². The van der Waals surface area contributed by atoms with Crippen molar-refractivity contribution in [3.05, 3.63) is 84.1 Å². The Morgan fingerprint density at radius 2 is 1.77 bits per heavy atom. The van der Waals surface area contributed by atoms with Gasteiger partial charge in [-0.05, 0) is 29.8 Å². The number of benzene rings is 2. The van der Waals surface area contributed by atoms with Gasteiger partial charge in [0.25, 0.3) is 0 Å². The maximum atomic E-state index is 12.8. The van der Waals surface area contributed by atoms with Gasteiger partial charge in [0.2, 0.25) is 0 Å². The van der Waals surface area contributed by atoms with Gasteiger partial charge in [-0.15, -0.1) is 0 Å². The van der Waals surface area contributed by atoms with Crippen molar-refractivity contribution >= 4 is 22.4 Å². The smallest absolute Gasteiger partial charge is 0.341 e. The number of aromatic nitrogens is 1. The third-order valence-electron chi connectivity index (χ3n) is 4.28. The largest absolute Gasteiger partial charge is 0.479 e. The summed E-state index contributed by atoms with van der Waals surface area (Å²) < 4.78 is 12.9. The lowest BCUT2D eigenvalue weighted by Gasteiger charge is -2.05. The molecule has 2 N–H and O–H groups in total. The van der Waals surface area contributed by atoms with Gasteiger partial charge in [0.05, 0.1) is 16.6 Å². The molecule has 0 aliphatic carbocycles. The van der Waals surface area contributed by atoms with E-state index in [1.807, 2.05) is 77.3 Å². The quantitative estimate of drug-likeness (QED) is 0.441. The molecule has 0 saturated carbocycles. The summed E-state index contributed by atoms with van der Waals surface area (Å²) in [4.78, 5) is 12.8. The molecule has 2 heterocycles. The van der Waals surface area contributed by atoms with E-state index >= 15 is 0 Å². The van der Waals surface area contributed by atoms with Gasteiger partial charge in [0, 0.05) is 17.6 Å². The predicted molar refractivity (Wildman–Crippen MR) is 100 cm³/mol. The number of carbonyl (C=O) groups excluding carboxylic acids is 1. The second kappa shape index (κ2) is 6.90. The highest BCUT2D eigenvalue weighted by Gasteiger charge is 2.19. The minimum absolute atomic E-state index is 0.0980. The Labute approximate surface area is 150 Å². The highest BCUT2D eigenvalue weighted by atomic mass is 16.5. The van der Waals surface area contributed by atoms with E-state index < -0.39 is 0 Å². The lowest BCUT2D eigenvalue weighted by atomic mass is 10.1. The van der Waals surface area contributed by atoms with Crippen LogP contribution in [-0.4, -0.2) is 17.1 Å². The molecule has 0 atom stereocenters. The highest BCUT2D eigenvalue weighted by molar-refractivity contribution is 6.11. The van der Waals surface area contributed by atoms with Crippen LogP contribution in [0.1, 0.15) is 15.9 Å². The van der Waals surface area contributed by atoms with Crippen LogP contribution >= 0.6 is 0 Å². The summed E-state index contributed by atoms with van der Waals surface area (Å²) in [5.41, 5.74) is 8.64. The molecule has 0 unspecified atom stereocenters. The van der Waals surface area contributed by atoms with Crippen LogP contribution in [-0.2, 0) is 11.3 Å². The van der Waals surface area contributed by atoms with Gasteiger partial charge in [-0.1, -0.05) is 36.4 Å². The van der Waals surface area contributed by atoms with Gasteiger partial charge < -0.3 is 13.9 Å². The maximum Gasteiger partial charge on any atom is 0.341 e. The monoisotopic (exact) mass is 346 g/mol. The number of nitrogens with zero attached hydrogens (tertiary/aromatic N) is 1. The van der Waals surface area contributed by atoms with Crippen molar-refractivity contribution < 1.29 is 14.3 Å². The zero-order valence-corrected chi connectivity index (χ0v) is 14.1. The van der Waals surface area contributed by atoms with Gasteiger partial charge >= 0.3 is 5.97 Å². The van der Waals surface area contributed by atoms with E-state index in [0.717, 1.165) is 22.0 Å². The molecule has 0 aliphatic rings. The Bertz CT molecular complexity index is 1070. The van der Waals surface area contributed by atoms with Crippen LogP contribution in [0.15, 0.2) is 72.9 Å². The number of ether oxygens (including phenoxy) is 2. The van der Waals surface area contributed by atoms with Crippen molar-refractivity contribution in [3.8, 4) is 5.75 Å². The third kappa shape index (κ3) is 2.89. The Kier molecular flexibility index (Phi) is 4.29. The number of rotatable bonds is 5. The third-order valence-corrected chi connectivity index (χ3v) is 4.28. The van der Waals surface area contributed by atoms with Crippen LogP contribution < -0.4 is 10.5 Å². The van der Waals surface area contributed by atoms with Crippen molar-refractivity contribution in [2.45, 2.75) is 6.61 Å². The number of fused-ring (bicyclic) bond motifs is 3. The van der Waals surface area contributed by atoms with E-state index in [-0.39, 0.29) is 19.3 Å². The van der Waals surface area contributed by atoms with E-state index in [1.165, 1.54) is 0 Å². The number of hydrogen-bond acceptors (Lipinski definition) is 4. The number of esters is 1.